The molecule has 7 nitrogen and oxygen atoms in total. The van der Waals surface area contributed by atoms with Gasteiger partial charge in [-0.25, -0.2) is 9.80 Å². The predicted molar refractivity (Wildman–Crippen MR) is 181 cm³/mol. The molecule has 0 bridgehead atoms. The maximum Gasteiger partial charge on any atom is 0.416 e. The standard InChI is InChI=1S/C40H24F12N2O5/c41-37(42,43)17-9-18(38(44,45)46)12-21(11-17)53-33(56)26-8-7-24-27(30(26)35(53)58)15-28-31(29(24)25-6-5-16-3-1-2-4-23(16)32(25)55)36(59)54(34(28)57)22-13-19(39(47,48)49)10-20(14-22)40(50,51)52/h1-7,9-14,26-31,55H,8,15H2. The normalized spacial score (nSPS) is 25.1. The van der Waals surface area contributed by atoms with Crippen LogP contribution in [0.2, 0.25) is 0 Å². The summed E-state index contributed by atoms with van der Waals surface area (Å²) in [7, 11) is 0. The number of amides is 4. The molecule has 6 atom stereocenters. The highest BCUT2D eigenvalue weighted by molar-refractivity contribution is 6.24. The Hall–Kier alpha value is -5.88. The van der Waals surface area contributed by atoms with Crippen LogP contribution in [0.1, 0.15) is 46.6 Å². The number of halogens is 12. The van der Waals surface area contributed by atoms with E-state index >= 15 is 0 Å². The van der Waals surface area contributed by atoms with Gasteiger partial charge < -0.3 is 5.11 Å². The van der Waals surface area contributed by atoms with Gasteiger partial charge in [0.15, 0.2) is 0 Å². The summed E-state index contributed by atoms with van der Waals surface area (Å²) in [5.41, 5.74) is -9.32. The molecule has 3 fully saturated rings. The van der Waals surface area contributed by atoms with Crippen LogP contribution in [0.5, 0.6) is 5.75 Å². The summed E-state index contributed by atoms with van der Waals surface area (Å²) in [6.07, 6.45) is -20.9. The Balaban J connectivity index is 1.28. The van der Waals surface area contributed by atoms with Crippen molar-refractivity contribution >= 4 is 45.8 Å². The third kappa shape index (κ3) is 6.39. The Bertz CT molecular complexity index is 2460. The number of hydrogen-bond acceptors (Lipinski definition) is 5. The zero-order chi connectivity index (χ0) is 42.9. The van der Waals surface area contributed by atoms with Crippen molar-refractivity contribution in [2.75, 3.05) is 9.80 Å². The molecule has 0 aromatic heterocycles. The monoisotopic (exact) mass is 840 g/mol. The fourth-order valence-corrected chi connectivity index (χ4v) is 9.10. The van der Waals surface area contributed by atoms with Gasteiger partial charge in [-0.1, -0.05) is 48.0 Å². The fourth-order valence-electron chi connectivity index (χ4n) is 9.10. The molecule has 1 N–H and O–H groups in total. The zero-order valence-electron chi connectivity index (χ0n) is 29.4. The number of phenolic OH excluding ortho intramolecular Hbond substituents is 1. The first-order chi connectivity index (χ1) is 27.4. The first-order valence-corrected chi connectivity index (χ1v) is 17.6. The molecule has 0 spiro atoms. The molecule has 2 heterocycles. The molecule has 4 aromatic rings. The van der Waals surface area contributed by atoms with Gasteiger partial charge in [0.2, 0.25) is 23.6 Å². The number of carbonyl (C=O) groups excluding carboxylic acids is 4. The van der Waals surface area contributed by atoms with E-state index in [-0.39, 0.29) is 69.1 Å². The fraction of sp³-hybridized carbons (Fsp3) is 0.300. The highest BCUT2D eigenvalue weighted by Gasteiger charge is 2.63. The van der Waals surface area contributed by atoms with E-state index in [0.717, 1.165) is 0 Å². The Kier molecular flexibility index (Phi) is 8.84. The number of alkyl halides is 12. The van der Waals surface area contributed by atoms with Gasteiger partial charge in [0.1, 0.15) is 5.75 Å². The lowest BCUT2D eigenvalue weighted by Crippen LogP contribution is -2.43. The molecule has 19 heteroatoms. The number of fused-ring (bicyclic) bond motifs is 5. The summed E-state index contributed by atoms with van der Waals surface area (Å²) in [5.74, 6) is -14.3. The van der Waals surface area contributed by atoms with E-state index in [1.165, 1.54) is 24.3 Å². The van der Waals surface area contributed by atoms with Crippen LogP contribution in [0.3, 0.4) is 0 Å². The average Bonchev–Trinajstić information content (AvgIpc) is 3.56. The number of rotatable bonds is 3. The summed E-state index contributed by atoms with van der Waals surface area (Å²) in [6, 6.07) is 9.57. The Morgan fingerprint density at radius 2 is 0.983 bits per heavy atom. The van der Waals surface area contributed by atoms with Gasteiger partial charge in [-0.05, 0) is 60.5 Å². The first kappa shape index (κ1) is 39.9. The van der Waals surface area contributed by atoms with Crippen LogP contribution in [-0.4, -0.2) is 28.7 Å². The molecule has 308 valence electrons. The number of phenols is 1. The molecule has 2 aliphatic heterocycles. The van der Waals surface area contributed by atoms with Gasteiger partial charge in [0, 0.05) is 16.9 Å². The first-order valence-electron chi connectivity index (χ1n) is 17.6. The lowest BCUT2D eigenvalue weighted by atomic mass is 9.57. The molecule has 0 radical (unpaired) electrons. The Labute approximate surface area is 323 Å². The van der Waals surface area contributed by atoms with E-state index in [1.807, 2.05) is 0 Å². The molecular formula is C40H24F12N2O5. The molecular weight excluding hydrogens is 816 g/mol. The van der Waals surface area contributed by atoms with Crippen molar-refractivity contribution < 1.29 is 77.0 Å². The largest absolute Gasteiger partial charge is 0.507 e. The minimum atomic E-state index is -5.37. The van der Waals surface area contributed by atoms with Crippen LogP contribution in [0.25, 0.3) is 10.8 Å². The number of aromatic hydroxyl groups is 1. The van der Waals surface area contributed by atoms with E-state index in [9.17, 15) is 77.0 Å². The van der Waals surface area contributed by atoms with Gasteiger partial charge >= 0.3 is 24.7 Å². The summed E-state index contributed by atoms with van der Waals surface area (Å²) in [4.78, 5) is 57.3. The van der Waals surface area contributed by atoms with Crippen molar-refractivity contribution in [1.82, 2.24) is 0 Å². The van der Waals surface area contributed by atoms with Crippen LogP contribution < -0.4 is 9.80 Å². The lowest BCUT2D eigenvalue weighted by molar-refractivity contribution is -0.144. The van der Waals surface area contributed by atoms with Crippen LogP contribution in [-0.2, 0) is 43.9 Å². The molecule has 59 heavy (non-hydrogen) atoms. The maximum absolute atomic E-state index is 14.4. The van der Waals surface area contributed by atoms with E-state index in [2.05, 4.69) is 0 Å². The van der Waals surface area contributed by atoms with Gasteiger partial charge in [-0.3, -0.25) is 19.2 Å². The molecule has 4 aromatic carbocycles. The Morgan fingerprint density at radius 1 is 0.525 bits per heavy atom. The average molecular weight is 841 g/mol. The van der Waals surface area contributed by atoms with Gasteiger partial charge in [-0.2, -0.15) is 52.7 Å². The van der Waals surface area contributed by atoms with Crippen LogP contribution >= 0.6 is 0 Å². The topological polar surface area (TPSA) is 95.0 Å². The number of benzene rings is 4. The van der Waals surface area contributed by atoms with Crippen molar-refractivity contribution in [3.63, 3.8) is 0 Å². The van der Waals surface area contributed by atoms with Crippen LogP contribution in [0.4, 0.5) is 64.1 Å². The zero-order valence-corrected chi connectivity index (χ0v) is 29.4. The number of anilines is 2. The predicted octanol–water partition coefficient (Wildman–Crippen LogP) is 9.67. The van der Waals surface area contributed by atoms with Gasteiger partial charge in [0.25, 0.3) is 0 Å². The number of carbonyl (C=O) groups is 4. The van der Waals surface area contributed by atoms with Crippen LogP contribution in [0, 0.1) is 29.6 Å². The SMILES string of the molecule is O=C1C2CC=C3C(CC4C(=O)N(c5cc(C(F)(F)F)cc(C(F)(F)F)c5)C(=O)C4C3c3ccc4ccccc4c3O)C2C(=O)N1c1cc(C(F)(F)F)cc(C(F)(F)F)c1. The third-order valence-electron chi connectivity index (χ3n) is 11.6. The minimum absolute atomic E-state index is 0.0440. The summed E-state index contributed by atoms with van der Waals surface area (Å²) in [5, 5.41) is 12.4. The number of imide groups is 2. The van der Waals surface area contributed by atoms with Gasteiger partial charge in [0.05, 0.1) is 57.3 Å². The Morgan fingerprint density at radius 3 is 1.47 bits per heavy atom. The molecule has 4 aliphatic rings. The molecule has 4 amide bonds. The molecule has 8 rings (SSSR count). The number of hydrogen-bond donors (Lipinski definition) is 1. The highest BCUT2D eigenvalue weighted by Crippen LogP contribution is 2.60. The highest BCUT2D eigenvalue weighted by atomic mass is 19.4. The van der Waals surface area contributed by atoms with Gasteiger partial charge in [-0.15, -0.1) is 0 Å². The van der Waals surface area contributed by atoms with Crippen molar-refractivity contribution in [2.24, 2.45) is 29.6 Å². The second kappa shape index (κ2) is 13.1. The lowest BCUT2D eigenvalue weighted by Gasteiger charge is -2.44. The van der Waals surface area contributed by atoms with Crippen molar-refractivity contribution in [3.8, 4) is 5.75 Å². The summed E-state index contributed by atoms with van der Waals surface area (Å²) in [6.45, 7) is 0. The number of nitrogens with zero attached hydrogens (tertiary/aromatic N) is 2. The quantitative estimate of drug-likeness (QED) is 0.126. The van der Waals surface area contributed by atoms with E-state index in [4.69, 9.17) is 0 Å². The molecule has 6 unspecified atom stereocenters. The van der Waals surface area contributed by atoms with Crippen molar-refractivity contribution in [2.45, 2.75) is 43.5 Å². The van der Waals surface area contributed by atoms with E-state index in [0.29, 0.717) is 5.39 Å². The molecule has 2 aliphatic carbocycles. The summed E-state index contributed by atoms with van der Waals surface area (Å²) < 4.78 is 166. The van der Waals surface area contributed by atoms with E-state index in [1.54, 1.807) is 18.2 Å². The number of allylic oxidation sites excluding steroid dienone is 2. The van der Waals surface area contributed by atoms with Crippen LogP contribution in [0.15, 0.2) is 84.4 Å². The maximum atomic E-state index is 14.4. The minimum Gasteiger partial charge on any atom is -0.507 e. The van der Waals surface area contributed by atoms with Crippen molar-refractivity contribution in [1.29, 1.82) is 0 Å². The smallest absolute Gasteiger partial charge is 0.416 e. The summed E-state index contributed by atoms with van der Waals surface area (Å²) >= 11 is 0. The molecule has 2 saturated heterocycles. The third-order valence-corrected chi connectivity index (χ3v) is 11.6. The van der Waals surface area contributed by atoms with E-state index < -0.39 is 130 Å². The van der Waals surface area contributed by atoms with Crippen molar-refractivity contribution in [3.05, 3.63) is 112 Å². The molecule has 1 saturated carbocycles. The second-order valence-corrected chi connectivity index (χ2v) is 14.8. The second-order valence-electron chi connectivity index (χ2n) is 14.8.